The second-order valence-electron chi connectivity index (χ2n) is 4.42. The summed E-state index contributed by atoms with van der Waals surface area (Å²) in [5, 5.41) is 0.696. The van der Waals surface area contributed by atoms with Crippen LogP contribution >= 0.6 is 11.6 Å². The highest BCUT2D eigenvalue weighted by Gasteiger charge is 2.12. The third-order valence-corrected chi connectivity index (χ3v) is 3.48. The van der Waals surface area contributed by atoms with Crippen LogP contribution in [0.25, 0.3) is 0 Å². The molecule has 2 aromatic carbocycles. The van der Waals surface area contributed by atoms with E-state index in [1.54, 1.807) is 6.07 Å². The summed E-state index contributed by atoms with van der Waals surface area (Å²) in [7, 11) is 0. The number of aryl methyl sites for hydroxylation is 1. The van der Waals surface area contributed by atoms with Gasteiger partial charge in [0.15, 0.2) is 0 Å². The molecule has 0 amide bonds. The lowest BCUT2D eigenvalue weighted by atomic mass is 9.98. The summed E-state index contributed by atoms with van der Waals surface area (Å²) in [6.45, 7) is 1.95. The molecule has 0 aliphatic rings. The molecule has 94 valence electrons. The molecule has 1 unspecified atom stereocenters. The van der Waals surface area contributed by atoms with Gasteiger partial charge in [-0.1, -0.05) is 41.9 Å². The van der Waals surface area contributed by atoms with Crippen molar-refractivity contribution < 1.29 is 4.39 Å². The Hall–Kier alpha value is -1.38. The van der Waals surface area contributed by atoms with E-state index in [2.05, 4.69) is 0 Å². The Labute approximate surface area is 111 Å². The third-order valence-electron chi connectivity index (χ3n) is 2.97. The third kappa shape index (κ3) is 2.89. The molecule has 2 rings (SSSR count). The van der Waals surface area contributed by atoms with Crippen LogP contribution in [0, 0.1) is 12.7 Å². The van der Waals surface area contributed by atoms with Crippen molar-refractivity contribution in [3.8, 4) is 0 Å². The van der Waals surface area contributed by atoms with E-state index in [1.165, 1.54) is 12.1 Å². The van der Waals surface area contributed by atoms with Gasteiger partial charge in [0.05, 0.1) is 0 Å². The lowest BCUT2D eigenvalue weighted by molar-refractivity contribution is 0.622. The largest absolute Gasteiger partial charge is 0.324 e. The van der Waals surface area contributed by atoms with Crippen LogP contribution < -0.4 is 5.73 Å². The molecule has 18 heavy (non-hydrogen) atoms. The second-order valence-corrected chi connectivity index (χ2v) is 4.80. The number of nitrogens with two attached hydrogens (primary N) is 1. The van der Waals surface area contributed by atoms with Crippen molar-refractivity contribution in [2.45, 2.75) is 19.4 Å². The molecule has 3 heteroatoms. The van der Waals surface area contributed by atoms with Crippen molar-refractivity contribution in [3.63, 3.8) is 0 Å². The van der Waals surface area contributed by atoms with Gasteiger partial charge in [-0.3, -0.25) is 0 Å². The first kappa shape index (κ1) is 13.1. The Kier molecular flexibility index (Phi) is 4.00. The van der Waals surface area contributed by atoms with Gasteiger partial charge in [-0.25, -0.2) is 4.39 Å². The summed E-state index contributed by atoms with van der Waals surface area (Å²) in [5.41, 5.74) is 8.92. The van der Waals surface area contributed by atoms with Crippen LogP contribution in [-0.2, 0) is 6.42 Å². The molecule has 0 radical (unpaired) electrons. The summed E-state index contributed by atoms with van der Waals surface area (Å²) in [6, 6.07) is 12.1. The van der Waals surface area contributed by atoms with Gasteiger partial charge in [-0.05, 0) is 42.2 Å². The average molecular weight is 264 g/mol. The minimum Gasteiger partial charge on any atom is -0.324 e. The Bertz CT molecular complexity index is 554. The molecule has 0 saturated heterocycles. The van der Waals surface area contributed by atoms with Crippen LogP contribution in [0.1, 0.15) is 22.7 Å². The lowest BCUT2D eigenvalue weighted by Gasteiger charge is -2.15. The molecule has 0 heterocycles. The van der Waals surface area contributed by atoms with Gasteiger partial charge < -0.3 is 5.73 Å². The second kappa shape index (κ2) is 5.51. The Balaban J connectivity index is 2.22. The molecular weight excluding hydrogens is 249 g/mol. The zero-order valence-electron chi connectivity index (χ0n) is 10.2. The number of benzene rings is 2. The fraction of sp³-hybridized carbons (Fsp3) is 0.200. The Morgan fingerprint density at radius 2 is 1.94 bits per heavy atom. The van der Waals surface area contributed by atoms with Crippen molar-refractivity contribution in [2.75, 3.05) is 0 Å². The maximum Gasteiger partial charge on any atom is 0.123 e. The minimum atomic E-state index is -0.241. The molecule has 0 spiro atoms. The molecule has 2 aromatic rings. The normalized spacial score (nSPS) is 12.4. The molecular formula is C15H15ClFN. The van der Waals surface area contributed by atoms with E-state index in [-0.39, 0.29) is 11.9 Å². The minimum absolute atomic E-state index is 0.223. The van der Waals surface area contributed by atoms with Crippen LogP contribution in [-0.4, -0.2) is 0 Å². The zero-order valence-corrected chi connectivity index (χ0v) is 10.9. The van der Waals surface area contributed by atoms with Gasteiger partial charge in [-0.15, -0.1) is 0 Å². The molecule has 1 nitrogen and oxygen atoms in total. The van der Waals surface area contributed by atoms with Crippen molar-refractivity contribution >= 4 is 11.6 Å². The Morgan fingerprint density at radius 1 is 1.22 bits per heavy atom. The van der Waals surface area contributed by atoms with Crippen molar-refractivity contribution in [1.29, 1.82) is 0 Å². The monoisotopic (exact) mass is 263 g/mol. The molecule has 1 atom stereocenters. The smallest absolute Gasteiger partial charge is 0.123 e. The van der Waals surface area contributed by atoms with E-state index in [0.717, 1.165) is 16.7 Å². The number of hydrogen-bond acceptors (Lipinski definition) is 1. The Morgan fingerprint density at radius 3 is 2.67 bits per heavy atom. The van der Waals surface area contributed by atoms with Gasteiger partial charge in [0, 0.05) is 11.1 Å². The summed E-state index contributed by atoms with van der Waals surface area (Å²) in [5.74, 6) is -0.241. The van der Waals surface area contributed by atoms with E-state index in [0.29, 0.717) is 11.4 Å². The molecule has 0 fully saturated rings. The SMILES string of the molecule is Cc1cccc(C(N)Cc2cccc(F)c2)c1Cl. The molecule has 0 aliphatic heterocycles. The van der Waals surface area contributed by atoms with Crippen LogP contribution in [0.2, 0.25) is 5.02 Å². The highest BCUT2D eigenvalue weighted by Crippen LogP contribution is 2.26. The van der Waals surface area contributed by atoms with Crippen molar-refractivity contribution in [3.05, 3.63) is 70.0 Å². The predicted molar refractivity (Wildman–Crippen MR) is 73.2 cm³/mol. The average Bonchev–Trinajstić information content (AvgIpc) is 2.32. The summed E-state index contributed by atoms with van der Waals surface area (Å²) in [6.07, 6.45) is 0.570. The maximum atomic E-state index is 13.1. The molecule has 0 aromatic heterocycles. The van der Waals surface area contributed by atoms with Gasteiger partial charge in [0.25, 0.3) is 0 Å². The summed E-state index contributed by atoms with van der Waals surface area (Å²) in [4.78, 5) is 0. The van der Waals surface area contributed by atoms with Gasteiger partial charge in [0.1, 0.15) is 5.82 Å². The quantitative estimate of drug-likeness (QED) is 0.889. The van der Waals surface area contributed by atoms with Gasteiger partial charge in [-0.2, -0.15) is 0 Å². The first-order valence-electron chi connectivity index (χ1n) is 5.83. The molecule has 0 bridgehead atoms. The summed E-state index contributed by atoms with van der Waals surface area (Å²) < 4.78 is 13.1. The van der Waals surface area contributed by atoms with Crippen molar-refractivity contribution in [1.82, 2.24) is 0 Å². The van der Waals surface area contributed by atoms with E-state index in [4.69, 9.17) is 17.3 Å². The van der Waals surface area contributed by atoms with E-state index < -0.39 is 0 Å². The predicted octanol–water partition coefficient (Wildman–Crippen LogP) is 4.03. The van der Waals surface area contributed by atoms with E-state index in [1.807, 2.05) is 31.2 Å². The maximum absolute atomic E-state index is 13.1. The topological polar surface area (TPSA) is 26.0 Å². The highest BCUT2D eigenvalue weighted by atomic mass is 35.5. The van der Waals surface area contributed by atoms with Crippen LogP contribution in [0.15, 0.2) is 42.5 Å². The van der Waals surface area contributed by atoms with E-state index in [9.17, 15) is 4.39 Å². The molecule has 2 N–H and O–H groups in total. The molecule has 0 saturated carbocycles. The zero-order chi connectivity index (χ0) is 13.1. The first-order chi connectivity index (χ1) is 8.58. The molecule has 0 aliphatic carbocycles. The van der Waals surface area contributed by atoms with Gasteiger partial charge >= 0.3 is 0 Å². The lowest BCUT2D eigenvalue weighted by Crippen LogP contribution is -2.14. The summed E-state index contributed by atoms with van der Waals surface area (Å²) >= 11 is 6.23. The standard InChI is InChI=1S/C15H15ClFN/c1-10-4-2-7-13(15(10)16)14(18)9-11-5-3-6-12(17)8-11/h2-8,14H,9,18H2,1H3. The fourth-order valence-corrected chi connectivity index (χ4v) is 2.25. The van der Waals surface area contributed by atoms with E-state index >= 15 is 0 Å². The number of rotatable bonds is 3. The number of hydrogen-bond donors (Lipinski definition) is 1. The highest BCUT2D eigenvalue weighted by molar-refractivity contribution is 6.32. The van der Waals surface area contributed by atoms with Gasteiger partial charge in [0.2, 0.25) is 0 Å². The first-order valence-corrected chi connectivity index (χ1v) is 6.21. The fourth-order valence-electron chi connectivity index (χ4n) is 1.98. The van der Waals surface area contributed by atoms with Crippen LogP contribution in [0.4, 0.5) is 4.39 Å². The number of halogens is 2. The van der Waals surface area contributed by atoms with Crippen LogP contribution in [0.3, 0.4) is 0 Å². The van der Waals surface area contributed by atoms with Crippen LogP contribution in [0.5, 0.6) is 0 Å². The van der Waals surface area contributed by atoms with Crippen molar-refractivity contribution in [2.24, 2.45) is 5.73 Å².